The lowest BCUT2D eigenvalue weighted by atomic mass is 10.1. The molecule has 0 bridgehead atoms. The van der Waals surface area contributed by atoms with E-state index in [1.165, 1.54) is 6.42 Å². The predicted molar refractivity (Wildman–Crippen MR) is 101 cm³/mol. The number of halogens is 2. The fourth-order valence-corrected chi connectivity index (χ4v) is 3.67. The number of hydrogen-bond donors (Lipinski definition) is 1. The fourth-order valence-electron chi connectivity index (χ4n) is 3.18. The number of nitrogens with one attached hydrogen (secondary N) is 1. The minimum Gasteiger partial charge on any atom is -0.352 e. The summed E-state index contributed by atoms with van der Waals surface area (Å²) in [4.78, 5) is 14.8. The Morgan fingerprint density at radius 1 is 1.40 bits per heavy atom. The number of amides is 1. The summed E-state index contributed by atoms with van der Waals surface area (Å²) in [5.41, 5.74) is 1.21. The van der Waals surface area contributed by atoms with Crippen molar-refractivity contribution < 1.29 is 4.79 Å². The van der Waals surface area contributed by atoms with Crippen molar-refractivity contribution in [2.45, 2.75) is 19.8 Å². The van der Waals surface area contributed by atoms with Gasteiger partial charge < -0.3 is 10.2 Å². The zero-order valence-electron chi connectivity index (χ0n) is 14.2. The molecular formula is C18H22Cl2N4O. The van der Waals surface area contributed by atoms with E-state index < -0.39 is 0 Å². The van der Waals surface area contributed by atoms with Crippen LogP contribution in [0.4, 0.5) is 0 Å². The van der Waals surface area contributed by atoms with Gasteiger partial charge in [-0.1, -0.05) is 30.1 Å². The van der Waals surface area contributed by atoms with Crippen molar-refractivity contribution in [3.63, 3.8) is 0 Å². The molecular weight excluding hydrogens is 359 g/mol. The van der Waals surface area contributed by atoms with Gasteiger partial charge in [0.25, 0.3) is 5.91 Å². The fraction of sp³-hybridized carbons (Fsp3) is 0.444. The molecule has 1 saturated heterocycles. The lowest BCUT2D eigenvalue weighted by Crippen LogP contribution is -2.31. The van der Waals surface area contributed by atoms with Crippen LogP contribution in [0.3, 0.4) is 0 Å². The third-order valence-corrected chi connectivity index (χ3v) is 5.00. The number of carbonyl (C=O) groups is 1. The highest BCUT2D eigenvalue weighted by molar-refractivity contribution is 6.35. The van der Waals surface area contributed by atoms with Crippen molar-refractivity contribution in [3.05, 3.63) is 46.2 Å². The Kier molecular flexibility index (Phi) is 5.99. The standard InChI is InChI=1S/C18H22Cl2N4O/c1-2-6-23-7-5-13(11-23)9-21-18(25)14-10-22-24(12-14)17-4-3-15(19)8-16(17)20/h3-4,8,10,12-13H,2,5-7,9,11H2,1H3,(H,21,25)/t13-/m0/s1. The van der Waals surface area contributed by atoms with Gasteiger partial charge in [0.15, 0.2) is 0 Å². The van der Waals surface area contributed by atoms with E-state index in [1.807, 2.05) is 0 Å². The molecule has 0 aliphatic carbocycles. The minimum absolute atomic E-state index is 0.106. The van der Waals surface area contributed by atoms with Crippen molar-refractivity contribution in [1.29, 1.82) is 0 Å². The monoisotopic (exact) mass is 380 g/mol. The van der Waals surface area contributed by atoms with Gasteiger partial charge in [-0.3, -0.25) is 4.79 Å². The molecule has 7 heteroatoms. The third-order valence-electron chi connectivity index (χ3n) is 4.46. The van der Waals surface area contributed by atoms with Gasteiger partial charge in [-0.2, -0.15) is 5.10 Å². The van der Waals surface area contributed by atoms with E-state index in [0.29, 0.717) is 33.8 Å². The first-order chi connectivity index (χ1) is 12.1. The summed E-state index contributed by atoms with van der Waals surface area (Å²) in [5, 5.41) is 8.31. The number of nitrogens with zero attached hydrogens (tertiary/aromatic N) is 3. The molecule has 0 unspecified atom stereocenters. The maximum absolute atomic E-state index is 12.4. The smallest absolute Gasteiger partial charge is 0.254 e. The molecule has 134 valence electrons. The Hall–Kier alpha value is -1.56. The molecule has 1 N–H and O–H groups in total. The van der Waals surface area contributed by atoms with Gasteiger partial charge in [0, 0.05) is 24.3 Å². The third kappa shape index (κ3) is 4.54. The Morgan fingerprint density at radius 2 is 2.24 bits per heavy atom. The van der Waals surface area contributed by atoms with Gasteiger partial charge >= 0.3 is 0 Å². The van der Waals surface area contributed by atoms with Crippen molar-refractivity contribution in [2.24, 2.45) is 5.92 Å². The molecule has 1 aliphatic heterocycles. The van der Waals surface area contributed by atoms with Crippen LogP contribution in [0.2, 0.25) is 10.0 Å². The molecule has 1 atom stereocenters. The summed E-state index contributed by atoms with van der Waals surface area (Å²) in [7, 11) is 0. The highest BCUT2D eigenvalue weighted by atomic mass is 35.5. The van der Waals surface area contributed by atoms with E-state index in [9.17, 15) is 4.79 Å². The average Bonchev–Trinajstić information content (AvgIpc) is 3.22. The highest BCUT2D eigenvalue weighted by Crippen LogP contribution is 2.24. The topological polar surface area (TPSA) is 50.2 Å². The molecule has 1 aromatic carbocycles. The van der Waals surface area contributed by atoms with Gasteiger partial charge in [-0.05, 0) is 50.0 Å². The number of carbonyl (C=O) groups excluding carboxylic acids is 1. The molecule has 1 aromatic heterocycles. The lowest BCUT2D eigenvalue weighted by Gasteiger charge is -2.14. The molecule has 0 saturated carbocycles. The summed E-state index contributed by atoms with van der Waals surface area (Å²) in [5.74, 6) is 0.418. The molecule has 3 rings (SSSR count). The molecule has 1 aliphatic rings. The number of aromatic nitrogens is 2. The Labute approximate surface area is 157 Å². The SMILES string of the molecule is CCCN1CC[C@@H](CNC(=O)c2cnn(-c3ccc(Cl)cc3Cl)c2)C1. The van der Waals surface area contributed by atoms with Crippen LogP contribution in [-0.4, -0.2) is 46.8 Å². The zero-order valence-corrected chi connectivity index (χ0v) is 15.7. The van der Waals surface area contributed by atoms with Crippen LogP contribution in [0, 0.1) is 5.92 Å². The summed E-state index contributed by atoms with van der Waals surface area (Å²) in [6.45, 7) is 6.22. The van der Waals surface area contributed by atoms with Gasteiger partial charge in [0.2, 0.25) is 0 Å². The second kappa shape index (κ2) is 8.21. The Bertz CT molecular complexity index is 746. The molecule has 1 amide bonds. The maximum Gasteiger partial charge on any atom is 0.254 e. The lowest BCUT2D eigenvalue weighted by molar-refractivity contribution is 0.0947. The highest BCUT2D eigenvalue weighted by Gasteiger charge is 2.22. The van der Waals surface area contributed by atoms with Crippen LogP contribution in [0.5, 0.6) is 0 Å². The summed E-state index contributed by atoms with van der Waals surface area (Å²) >= 11 is 12.1. The Balaban J connectivity index is 1.58. The van der Waals surface area contributed by atoms with E-state index in [4.69, 9.17) is 23.2 Å². The van der Waals surface area contributed by atoms with E-state index in [2.05, 4.69) is 22.2 Å². The predicted octanol–water partition coefficient (Wildman–Crippen LogP) is 3.64. The van der Waals surface area contributed by atoms with Crippen molar-refractivity contribution >= 4 is 29.1 Å². The largest absolute Gasteiger partial charge is 0.352 e. The number of hydrogen-bond acceptors (Lipinski definition) is 3. The quantitative estimate of drug-likeness (QED) is 0.831. The maximum atomic E-state index is 12.4. The Morgan fingerprint density at radius 3 is 3.00 bits per heavy atom. The van der Waals surface area contributed by atoms with E-state index in [1.54, 1.807) is 35.3 Å². The van der Waals surface area contributed by atoms with Gasteiger partial charge in [0.1, 0.15) is 0 Å². The zero-order chi connectivity index (χ0) is 17.8. The number of likely N-dealkylation sites (tertiary alicyclic amines) is 1. The number of benzene rings is 1. The van der Waals surface area contributed by atoms with Gasteiger partial charge in [-0.25, -0.2) is 4.68 Å². The number of rotatable bonds is 6. The van der Waals surface area contributed by atoms with Gasteiger partial charge in [-0.15, -0.1) is 0 Å². The summed E-state index contributed by atoms with van der Waals surface area (Å²) in [6.07, 6.45) is 5.55. The molecule has 2 heterocycles. The second-order valence-electron chi connectivity index (χ2n) is 6.43. The van der Waals surface area contributed by atoms with Crippen molar-refractivity contribution in [1.82, 2.24) is 20.0 Å². The minimum atomic E-state index is -0.106. The second-order valence-corrected chi connectivity index (χ2v) is 7.28. The van der Waals surface area contributed by atoms with Gasteiger partial charge in [0.05, 0.1) is 22.5 Å². The summed E-state index contributed by atoms with van der Waals surface area (Å²) in [6, 6.07) is 5.18. The van der Waals surface area contributed by atoms with Crippen LogP contribution in [0.1, 0.15) is 30.1 Å². The van der Waals surface area contributed by atoms with E-state index in [0.717, 1.165) is 26.1 Å². The average molecular weight is 381 g/mol. The molecule has 0 radical (unpaired) electrons. The molecule has 5 nitrogen and oxygen atoms in total. The molecule has 2 aromatic rings. The van der Waals surface area contributed by atoms with Crippen molar-refractivity contribution in [3.8, 4) is 5.69 Å². The molecule has 1 fully saturated rings. The molecule has 0 spiro atoms. The van der Waals surface area contributed by atoms with Crippen molar-refractivity contribution in [2.75, 3.05) is 26.2 Å². The van der Waals surface area contributed by atoms with Crippen LogP contribution < -0.4 is 5.32 Å². The molecule has 25 heavy (non-hydrogen) atoms. The van der Waals surface area contributed by atoms with E-state index >= 15 is 0 Å². The van der Waals surface area contributed by atoms with Crippen LogP contribution in [0.15, 0.2) is 30.6 Å². The first-order valence-corrected chi connectivity index (χ1v) is 9.33. The first-order valence-electron chi connectivity index (χ1n) is 8.57. The van der Waals surface area contributed by atoms with Crippen LogP contribution >= 0.6 is 23.2 Å². The summed E-state index contributed by atoms with van der Waals surface area (Å²) < 4.78 is 1.59. The normalized spacial score (nSPS) is 17.8. The van der Waals surface area contributed by atoms with Crippen LogP contribution in [-0.2, 0) is 0 Å². The van der Waals surface area contributed by atoms with Crippen LogP contribution in [0.25, 0.3) is 5.69 Å². The first kappa shape index (κ1) is 18.2. The van der Waals surface area contributed by atoms with E-state index in [-0.39, 0.29) is 5.91 Å².